The first-order valence-corrected chi connectivity index (χ1v) is 9.72. The molecule has 0 aliphatic heterocycles. The van der Waals surface area contributed by atoms with Crippen molar-refractivity contribution in [3.05, 3.63) is 54.0 Å². The molecule has 2 amide bonds. The minimum atomic E-state index is -0.315. The van der Waals surface area contributed by atoms with Gasteiger partial charge in [-0.1, -0.05) is 12.1 Å². The van der Waals surface area contributed by atoms with Crippen LogP contribution in [0.25, 0.3) is 11.3 Å². The summed E-state index contributed by atoms with van der Waals surface area (Å²) in [6.07, 6.45) is 5.27. The quantitative estimate of drug-likeness (QED) is 0.827. The molecule has 0 bridgehead atoms. The Hall–Kier alpha value is -2.76. The van der Waals surface area contributed by atoms with Crippen LogP contribution < -0.4 is 10.6 Å². The molecule has 3 rings (SSSR count). The predicted octanol–water partition coefficient (Wildman–Crippen LogP) is 3.70. The Morgan fingerprint density at radius 3 is 2.50 bits per heavy atom. The van der Waals surface area contributed by atoms with Gasteiger partial charge in [-0.05, 0) is 62.8 Å². The average Bonchev–Trinajstić information content (AvgIpc) is 2.68. The number of amides is 2. The molecule has 1 aliphatic carbocycles. The highest BCUT2D eigenvalue weighted by molar-refractivity contribution is 5.94. The molecule has 1 atom stereocenters. The smallest absolute Gasteiger partial charge is 0.253 e. The summed E-state index contributed by atoms with van der Waals surface area (Å²) in [5.74, 6) is -0.0115. The van der Waals surface area contributed by atoms with Crippen LogP contribution in [-0.2, 0) is 4.79 Å². The summed E-state index contributed by atoms with van der Waals surface area (Å²) in [4.78, 5) is 28.0. The van der Waals surface area contributed by atoms with E-state index in [0.717, 1.165) is 25.7 Å². The second-order valence-electron chi connectivity index (χ2n) is 7.52. The van der Waals surface area contributed by atoms with E-state index in [1.54, 1.807) is 24.3 Å². The third kappa shape index (κ3) is 5.15. The number of pyridine rings is 1. The molecule has 1 aromatic carbocycles. The van der Waals surface area contributed by atoms with Gasteiger partial charge in [-0.2, -0.15) is 0 Å². The molecule has 1 saturated carbocycles. The van der Waals surface area contributed by atoms with Gasteiger partial charge in [-0.3, -0.25) is 14.6 Å². The predicted molar refractivity (Wildman–Crippen MR) is 106 cm³/mol. The summed E-state index contributed by atoms with van der Waals surface area (Å²) in [5.41, 5.74) is 1.80. The van der Waals surface area contributed by atoms with E-state index < -0.39 is 0 Å². The highest BCUT2D eigenvalue weighted by atomic mass is 19.1. The van der Waals surface area contributed by atoms with Gasteiger partial charge < -0.3 is 10.6 Å². The summed E-state index contributed by atoms with van der Waals surface area (Å²) in [6.45, 7) is 3.58. The largest absolute Gasteiger partial charge is 0.354 e. The fourth-order valence-electron chi connectivity index (χ4n) is 3.82. The minimum absolute atomic E-state index is 0.00267. The number of benzene rings is 1. The highest BCUT2D eigenvalue weighted by Crippen LogP contribution is 2.27. The van der Waals surface area contributed by atoms with Gasteiger partial charge in [0.15, 0.2) is 0 Å². The van der Waals surface area contributed by atoms with Gasteiger partial charge in [-0.25, -0.2) is 4.39 Å². The lowest BCUT2D eigenvalue weighted by molar-refractivity contribution is -0.120. The molecule has 2 aromatic rings. The summed E-state index contributed by atoms with van der Waals surface area (Å²) in [7, 11) is 0. The molecule has 28 heavy (non-hydrogen) atoms. The van der Waals surface area contributed by atoms with Crippen LogP contribution in [0.5, 0.6) is 0 Å². The van der Waals surface area contributed by atoms with E-state index in [0.29, 0.717) is 22.7 Å². The van der Waals surface area contributed by atoms with Gasteiger partial charge in [0.25, 0.3) is 5.91 Å². The third-order valence-corrected chi connectivity index (χ3v) is 5.39. The van der Waals surface area contributed by atoms with E-state index in [1.807, 2.05) is 6.92 Å². The van der Waals surface area contributed by atoms with E-state index in [2.05, 4.69) is 15.6 Å². The molecular weight excluding hydrogens is 357 g/mol. The van der Waals surface area contributed by atoms with Gasteiger partial charge >= 0.3 is 0 Å². The molecular formula is C22H26FN3O2. The fraction of sp³-hybridized carbons (Fsp3) is 0.409. The zero-order valence-corrected chi connectivity index (χ0v) is 16.2. The van der Waals surface area contributed by atoms with Crippen LogP contribution in [0, 0.1) is 11.7 Å². The first kappa shape index (κ1) is 20.0. The summed E-state index contributed by atoms with van der Waals surface area (Å²) < 4.78 is 13.3. The number of halogens is 1. The fourth-order valence-corrected chi connectivity index (χ4v) is 3.82. The van der Waals surface area contributed by atoms with Crippen LogP contribution in [-0.4, -0.2) is 28.9 Å². The molecule has 1 unspecified atom stereocenters. The van der Waals surface area contributed by atoms with Crippen molar-refractivity contribution in [1.29, 1.82) is 0 Å². The van der Waals surface area contributed by atoms with E-state index in [1.165, 1.54) is 25.3 Å². The number of carbonyl (C=O) groups is 2. The number of hydrogen-bond acceptors (Lipinski definition) is 3. The van der Waals surface area contributed by atoms with E-state index >= 15 is 0 Å². The molecule has 6 heteroatoms. The third-order valence-electron chi connectivity index (χ3n) is 5.39. The molecule has 148 valence electrons. The molecule has 1 heterocycles. The van der Waals surface area contributed by atoms with Gasteiger partial charge in [0.2, 0.25) is 5.91 Å². The average molecular weight is 383 g/mol. The minimum Gasteiger partial charge on any atom is -0.354 e. The summed E-state index contributed by atoms with van der Waals surface area (Å²) in [6, 6.07) is 9.97. The summed E-state index contributed by atoms with van der Waals surface area (Å²) in [5, 5.41) is 6.04. The van der Waals surface area contributed by atoms with Crippen LogP contribution in [0.15, 0.2) is 42.6 Å². The number of nitrogens with one attached hydrogen (secondary N) is 2. The summed E-state index contributed by atoms with van der Waals surface area (Å²) >= 11 is 0. The van der Waals surface area contributed by atoms with Crippen LogP contribution in [0.1, 0.15) is 49.9 Å². The Morgan fingerprint density at radius 2 is 1.89 bits per heavy atom. The van der Waals surface area contributed by atoms with E-state index in [4.69, 9.17) is 0 Å². The molecule has 5 nitrogen and oxygen atoms in total. The van der Waals surface area contributed by atoms with Crippen molar-refractivity contribution in [3.63, 3.8) is 0 Å². The maximum Gasteiger partial charge on any atom is 0.253 e. The van der Waals surface area contributed by atoms with Crippen LogP contribution >= 0.6 is 0 Å². The first-order valence-electron chi connectivity index (χ1n) is 9.72. The van der Waals surface area contributed by atoms with Crippen molar-refractivity contribution in [2.75, 3.05) is 0 Å². The van der Waals surface area contributed by atoms with Gasteiger partial charge in [-0.15, -0.1) is 0 Å². The molecule has 1 aromatic heterocycles. The topological polar surface area (TPSA) is 71.1 Å². The number of nitrogens with zero attached hydrogens (tertiary/aromatic N) is 1. The molecule has 0 spiro atoms. The maximum absolute atomic E-state index is 13.3. The van der Waals surface area contributed by atoms with Crippen LogP contribution in [0.2, 0.25) is 0 Å². The Bertz CT molecular complexity index is 830. The zero-order valence-electron chi connectivity index (χ0n) is 16.2. The lowest BCUT2D eigenvalue weighted by atomic mass is 9.82. The molecule has 1 fully saturated rings. The highest BCUT2D eigenvalue weighted by Gasteiger charge is 2.26. The monoisotopic (exact) mass is 383 g/mol. The number of hydrogen-bond donors (Lipinski definition) is 2. The lowest BCUT2D eigenvalue weighted by Crippen LogP contribution is -2.42. The van der Waals surface area contributed by atoms with Crippen molar-refractivity contribution in [1.82, 2.24) is 15.6 Å². The molecule has 2 N–H and O–H groups in total. The Kier molecular flexibility index (Phi) is 6.39. The zero-order chi connectivity index (χ0) is 20.1. The van der Waals surface area contributed by atoms with Gasteiger partial charge in [0, 0.05) is 30.8 Å². The van der Waals surface area contributed by atoms with Crippen molar-refractivity contribution in [2.24, 2.45) is 5.92 Å². The van der Waals surface area contributed by atoms with Crippen molar-refractivity contribution < 1.29 is 14.0 Å². The maximum atomic E-state index is 13.3. The number of carbonyl (C=O) groups excluding carboxylic acids is 2. The standard InChI is InChI=1S/C22H26FN3O2/c1-14(25-15(2)27)16-6-9-20(10-7-16)26-22(28)18-8-11-21(24-13-18)17-4-3-5-19(23)12-17/h3-5,8,11-14,16,20H,6-7,9-10H2,1-2H3,(H,25,27)(H,26,28). The Labute approximate surface area is 164 Å². The van der Waals surface area contributed by atoms with E-state index in [9.17, 15) is 14.0 Å². The van der Waals surface area contributed by atoms with E-state index in [-0.39, 0.29) is 29.7 Å². The van der Waals surface area contributed by atoms with Gasteiger partial charge in [0.05, 0.1) is 11.3 Å². The van der Waals surface area contributed by atoms with Crippen molar-refractivity contribution in [2.45, 2.75) is 51.6 Å². The number of aromatic nitrogens is 1. The SMILES string of the molecule is CC(=O)NC(C)C1CCC(NC(=O)c2ccc(-c3cccc(F)c3)nc2)CC1. The van der Waals surface area contributed by atoms with Crippen LogP contribution in [0.3, 0.4) is 0 Å². The van der Waals surface area contributed by atoms with Gasteiger partial charge in [0.1, 0.15) is 5.82 Å². The normalized spacial score (nSPS) is 20.2. The Morgan fingerprint density at radius 1 is 1.14 bits per heavy atom. The van der Waals surface area contributed by atoms with Crippen LogP contribution in [0.4, 0.5) is 4.39 Å². The molecule has 0 saturated heterocycles. The lowest BCUT2D eigenvalue weighted by Gasteiger charge is -2.32. The van der Waals surface area contributed by atoms with Crippen molar-refractivity contribution >= 4 is 11.8 Å². The van der Waals surface area contributed by atoms with Crippen molar-refractivity contribution in [3.8, 4) is 11.3 Å². The second kappa shape index (κ2) is 8.95. The number of rotatable bonds is 5. The molecule has 1 aliphatic rings. The Balaban J connectivity index is 1.53. The first-order chi connectivity index (χ1) is 13.4. The second-order valence-corrected chi connectivity index (χ2v) is 7.52. The molecule has 0 radical (unpaired) electrons.